The quantitative estimate of drug-likeness (QED) is 0.349. The van der Waals surface area contributed by atoms with E-state index in [1.165, 1.54) is 4.90 Å². The standard InChI is InChI=1S/C24H28N4O4S/c1-27(2)22(30)16-32-18-13-11-17(12-14-18)25-21(29)10-4-3-7-15-28-23(31)19-8-5-6-9-20(19)26-24(28)33/h5-6,8-9,11-14H,3-4,7,10,15-16H2,1-2H3,(H,25,29)(H,26,33). The Balaban J connectivity index is 1.41. The number of rotatable bonds is 10. The summed E-state index contributed by atoms with van der Waals surface area (Å²) >= 11 is 5.32. The molecule has 2 amide bonds. The van der Waals surface area contributed by atoms with Crippen molar-refractivity contribution in [1.29, 1.82) is 0 Å². The summed E-state index contributed by atoms with van der Waals surface area (Å²) in [4.78, 5) is 41.0. The van der Waals surface area contributed by atoms with Crippen LogP contribution >= 0.6 is 12.2 Å². The second-order valence-corrected chi connectivity index (χ2v) is 8.28. The molecule has 9 heteroatoms. The van der Waals surface area contributed by atoms with Crippen molar-refractivity contribution in [1.82, 2.24) is 14.5 Å². The van der Waals surface area contributed by atoms with E-state index in [0.29, 0.717) is 41.0 Å². The normalized spacial score (nSPS) is 10.7. The van der Waals surface area contributed by atoms with E-state index in [4.69, 9.17) is 17.0 Å². The topological polar surface area (TPSA) is 96.4 Å². The lowest BCUT2D eigenvalue weighted by Crippen LogP contribution is -2.27. The maximum absolute atomic E-state index is 12.6. The lowest BCUT2D eigenvalue weighted by Gasteiger charge is -2.12. The van der Waals surface area contributed by atoms with Gasteiger partial charge < -0.3 is 19.9 Å². The molecule has 174 valence electrons. The van der Waals surface area contributed by atoms with Crippen molar-refractivity contribution < 1.29 is 14.3 Å². The van der Waals surface area contributed by atoms with Crippen LogP contribution in [0.5, 0.6) is 5.75 Å². The van der Waals surface area contributed by atoms with Gasteiger partial charge in [0.25, 0.3) is 11.5 Å². The highest BCUT2D eigenvalue weighted by molar-refractivity contribution is 7.71. The summed E-state index contributed by atoms with van der Waals surface area (Å²) < 4.78 is 7.41. The summed E-state index contributed by atoms with van der Waals surface area (Å²) in [5, 5.41) is 3.47. The third-order valence-corrected chi connectivity index (χ3v) is 5.50. The first-order chi connectivity index (χ1) is 15.8. The number of aromatic nitrogens is 2. The molecule has 8 nitrogen and oxygen atoms in total. The van der Waals surface area contributed by atoms with Gasteiger partial charge in [0.15, 0.2) is 11.4 Å². The van der Waals surface area contributed by atoms with Gasteiger partial charge in [-0.15, -0.1) is 0 Å². The van der Waals surface area contributed by atoms with Gasteiger partial charge in [-0.05, 0) is 61.5 Å². The van der Waals surface area contributed by atoms with Crippen LogP contribution in [0.4, 0.5) is 5.69 Å². The van der Waals surface area contributed by atoms with Crippen molar-refractivity contribution in [3.8, 4) is 5.75 Å². The van der Waals surface area contributed by atoms with Gasteiger partial charge in [-0.3, -0.25) is 19.0 Å². The Morgan fingerprint density at radius 3 is 2.52 bits per heavy atom. The smallest absolute Gasteiger partial charge is 0.262 e. The molecule has 0 radical (unpaired) electrons. The number of hydrogen-bond donors (Lipinski definition) is 2. The van der Waals surface area contributed by atoms with Crippen molar-refractivity contribution in [3.05, 3.63) is 63.7 Å². The third-order valence-electron chi connectivity index (χ3n) is 5.17. The van der Waals surface area contributed by atoms with Gasteiger partial charge in [0.05, 0.1) is 10.9 Å². The Morgan fingerprint density at radius 2 is 1.79 bits per heavy atom. The van der Waals surface area contributed by atoms with E-state index in [0.717, 1.165) is 18.4 Å². The third kappa shape index (κ3) is 6.76. The van der Waals surface area contributed by atoms with Gasteiger partial charge in [0, 0.05) is 32.7 Å². The van der Waals surface area contributed by atoms with Crippen LogP contribution in [0, 0.1) is 4.77 Å². The highest BCUT2D eigenvalue weighted by Crippen LogP contribution is 2.16. The Labute approximate surface area is 197 Å². The average molecular weight is 469 g/mol. The minimum absolute atomic E-state index is 0.0327. The minimum atomic E-state index is -0.125. The molecule has 0 fully saturated rings. The molecule has 33 heavy (non-hydrogen) atoms. The number of ether oxygens (including phenoxy) is 1. The zero-order valence-electron chi connectivity index (χ0n) is 18.8. The maximum Gasteiger partial charge on any atom is 0.262 e. The fourth-order valence-corrected chi connectivity index (χ4v) is 3.55. The van der Waals surface area contributed by atoms with E-state index < -0.39 is 0 Å². The number of nitrogens with zero attached hydrogens (tertiary/aromatic N) is 2. The number of aromatic amines is 1. The van der Waals surface area contributed by atoms with Gasteiger partial charge in [0.2, 0.25) is 5.91 Å². The van der Waals surface area contributed by atoms with E-state index >= 15 is 0 Å². The molecule has 0 atom stereocenters. The molecule has 3 rings (SSSR count). The number of carbonyl (C=O) groups is 2. The van der Waals surface area contributed by atoms with Crippen molar-refractivity contribution in [2.45, 2.75) is 32.2 Å². The zero-order valence-corrected chi connectivity index (χ0v) is 19.6. The van der Waals surface area contributed by atoms with E-state index in [1.807, 2.05) is 18.2 Å². The molecule has 0 unspecified atom stereocenters. The summed E-state index contributed by atoms with van der Waals surface area (Å²) in [6.45, 7) is 0.480. The zero-order chi connectivity index (χ0) is 23.8. The van der Waals surface area contributed by atoms with Gasteiger partial charge in [-0.2, -0.15) is 0 Å². The first-order valence-corrected chi connectivity index (χ1v) is 11.2. The van der Waals surface area contributed by atoms with Gasteiger partial charge >= 0.3 is 0 Å². The summed E-state index contributed by atoms with van der Waals surface area (Å²) in [5.41, 5.74) is 1.31. The van der Waals surface area contributed by atoms with Crippen molar-refractivity contribution in [2.24, 2.45) is 0 Å². The number of H-pyrrole nitrogens is 1. The molecule has 0 bridgehead atoms. The molecule has 0 aliphatic heterocycles. The number of para-hydroxylation sites is 1. The number of amides is 2. The van der Waals surface area contributed by atoms with E-state index in [2.05, 4.69) is 10.3 Å². The molecule has 2 aromatic carbocycles. The number of nitrogens with one attached hydrogen (secondary N) is 2. The van der Waals surface area contributed by atoms with Crippen LogP contribution in [0.3, 0.4) is 0 Å². The minimum Gasteiger partial charge on any atom is -0.484 e. The van der Waals surface area contributed by atoms with Crippen molar-refractivity contribution in [2.75, 3.05) is 26.0 Å². The fourth-order valence-electron chi connectivity index (χ4n) is 3.27. The number of fused-ring (bicyclic) bond motifs is 1. The first kappa shape index (κ1) is 24.2. The van der Waals surface area contributed by atoms with Gasteiger partial charge in [-0.25, -0.2) is 0 Å². The monoisotopic (exact) mass is 468 g/mol. The number of unbranched alkanes of at least 4 members (excludes halogenated alkanes) is 2. The van der Waals surface area contributed by atoms with E-state index in [9.17, 15) is 14.4 Å². The molecule has 1 aromatic heterocycles. The second-order valence-electron chi connectivity index (χ2n) is 7.89. The fraction of sp³-hybridized carbons (Fsp3) is 0.333. The van der Waals surface area contributed by atoms with Gasteiger partial charge in [-0.1, -0.05) is 18.6 Å². The van der Waals surface area contributed by atoms with Crippen LogP contribution in [0.1, 0.15) is 25.7 Å². The van der Waals surface area contributed by atoms with Crippen LogP contribution in [0.15, 0.2) is 53.3 Å². The number of likely N-dealkylation sites (N-methyl/N-ethyl adjacent to an activating group) is 1. The highest BCUT2D eigenvalue weighted by Gasteiger charge is 2.07. The number of anilines is 1. The Kier molecular flexibility index (Phi) is 8.37. The van der Waals surface area contributed by atoms with Gasteiger partial charge in [0.1, 0.15) is 5.75 Å². The predicted octanol–water partition coefficient (Wildman–Crippen LogP) is 3.73. The van der Waals surface area contributed by atoms with E-state index in [1.54, 1.807) is 49.0 Å². The summed E-state index contributed by atoms with van der Waals surface area (Å²) in [6, 6.07) is 14.2. The maximum atomic E-state index is 12.6. The summed E-state index contributed by atoms with van der Waals surface area (Å²) in [6.07, 6.45) is 2.64. The summed E-state index contributed by atoms with van der Waals surface area (Å²) in [7, 11) is 3.34. The molecule has 0 spiro atoms. The van der Waals surface area contributed by atoms with Crippen molar-refractivity contribution >= 4 is 40.6 Å². The molecular weight excluding hydrogens is 440 g/mol. The Hall–Kier alpha value is -3.46. The molecule has 2 N–H and O–H groups in total. The van der Waals surface area contributed by atoms with Crippen molar-refractivity contribution in [3.63, 3.8) is 0 Å². The molecule has 3 aromatic rings. The predicted molar refractivity (Wildman–Crippen MR) is 131 cm³/mol. The van der Waals surface area contributed by atoms with Crippen LogP contribution in [0.2, 0.25) is 0 Å². The highest BCUT2D eigenvalue weighted by atomic mass is 32.1. The molecule has 0 aliphatic carbocycles. The lowest BCUT2D eigenvalue weighted by atomic mass is 10.2. The van der Waals surface area contributed by atoms with Crippen LogP contribution < -0.4 is 15.6 Å². The molecule has 1 heterocycles. The number of benzene rings is 2. The van der Waals surface area contributed by atoms with Crippen LogP contribution in [-0.2, 0) is 16.1 Å². The molecule has 0 aliphatic rings. The lowest BCUT2D eigenvalue weighted by molar-refractivity contribution is -0.130. The molecule has 0 saturated heterocycles. The van der Waals surface area contributed by atoms with Crippen LogP contribution in [-0.4, -0.2) is 47.0 Å². The van der Waals surface area contributed by atoms with E-state index in [-0.39, 0.29) is 24.0 Å². The first-order valence-electron chi connectivity index (χ1n) is 10.8. The number of hydrogen-bond acceptors (Lipinski definition) is 5. The molecular formula is C24H28N4O4S. The second kappa shape index (κ2) is 11.4. The largest absolute Gasteiger partial charge is 0.484 e. The van der Waals surface area contributed by atoms with Crippen LogP contribution in [0.25, 0.3) is 10.9 Å². The Morgan fingerprint density at radius 1 is 1.06 bits per heavy atom. The summed E-state index contributed by atoms with van der Waals surface area (Å²) in [5.74, 6) is 0.358. The number of carbonyl (C=O) groups excluding carboxylic acids is 2. The SMILES string of the molecule is CN(C)C(=O)COc1ccc(NC(=O)CCCCCn2c(=S)[nH]c3ccccc3c2=O)cc1. The average Bonchev–Trinajstić information content (AvgIpc) is 2.80. The Bertz CT molecular complexity index is 1230. The molecule has 0 saturated carbocycles.